The summed E-state index contributed by atoms with van der Waals surface area (Å²) in [6.07, 6.45) is 0.962. The standard InChI is InChI=1S/C13H25N3O2/c1-3-14-4-6-15(10-11-17)7-9-16(8-5-14)12-13(2)18/h11H,3-10,12H2,1-2H3. The number of aldehydes is 1. The van der Waals surface area contributed by atoms with Crippen molar-refractivity contribution in [2.45, 2.75) is 13.8 Å². The van der Waals surface area contributed by atoms with Crippen LogP contribution in [0.5, 0.6) is 0 Å². The van der Waals surface area contributed by atoms with Gasteiger partial charge >= 0.3 is 0 Å². The fourth-order valence-corrected chi connectivity index (χ4v) is 2.26. The molecule has 0 amide bonds. The summed E-state index contributed by atoms with van der Waals surface area (Å²) in [5.74, 6) is 0.208. The Kier molecular flexibility index (Phi) is 7.08. The summed E-state index contributed by atoms with van der Waals surface area (Å²) in [7, 11) is 0. The van der Waals surface area contributed by atoms with Crippen LogP contribution in [0.3, 0.4) is 0 Å². The van der Waals surface area contributed by atoms with Crippen LogP contribution in [-0.2, 0) is 9.59 Å². The van der Waals surface area contributed by atoms with Gasteiger partial charge in [0, 0.05) is 39.3 Å². The maximum Gasteiger partial charge on any atom is 0.143 e. The van der Waals surface area contributed by atoms with Crippen molar-refractivity contribution < 1.29 is 9.59 Å². The van der Waals surface area contributed by atoms with Gasteiger partial charge in [0.15, 0.2) is 0 Å². The highest BCUT2D eigenvalue weighted by molar-refractivity contribution is 5.77. The molecule has 104 valence electrons. The van der Waals surface area contributed by atoms with E-state index in [4.69, 9.17) is 0 Å². The fourth-order valence-electron chi connectivity index (χ4n) is 2.26. The third-order valence-corrected chi connectivity index (χ3v) is 3.42. The van der Waals surface area contributed by atoms with Crippen molar-refractivity contribution in [2.24, 2.45) is 0 Å². The van der Waals surface area contributed by atoms with Gasteiger partial charge in [0.2, 0.25) is 0 Å². The number of Topliss-reactive ketones (excluding diaryl/α,β-unsaturated/α-hetero) is 1. The van der Waals surface area contributed by atoms with Crippen LogP contribution in [0.15, 0.2) is 0 Å². The number of ketones is 1. The lowest BCUT2D eigenvalue weighted by molar-refractivity contribution is -0.118. The summed E-state index contributed by atoms with van der Waals surface area (Å²) < 4.78 is 0. The van der Waals surface area contributed by atoms with Gasteiger partial charge in [0.25, 0.3) is 0 Å². The lowest BCUT2D eigenvalue weighted by Gasteiger charge is -2.23. The number of likely N-dealkylation sites (N-methyl/N-ethyl adjacent to an activating group) is 1. The van der Waals surface area contributed by atoms with E-state index in [9.17, 15) is 9.59 Å². The molecule has 1 fully saturated rings. The van der Waals surface area contributed by atoms with Crippen molar-refractivity contribution in [3.05, 3.63) is 0 Å². The van der Waals surface area contributed by atoms with E-state index in [1.54, 1.807) is 6.92 Å². The molecule has 5 heteroatoms. The average Bonchev–Trinajstić information content (AvgIpc) is 2.42. The van der Waals surface area contributed by atoms with Crippen molar-refractivity contribution in [1.29, 1.82) is 0 Å². The molecule has 0 unspecified atom stereocenters. The molecule has 0 saturated carbocycles. The molecule has 1 aliphatic rings. The molecule has 0 aromatic carbocycles. The van der Waals surface area contributed by atoms with Gasteiger partial charge in [-0.3, -0.25) is 14.6 Å². The van der Waals surface area contributed by atoms with E-state index in [0.717, 1.165) is 52.1 Å². The lowest BCUT2D eigenvalue weighted by Crippen LogP contribution is -2.38. The summed E-state index contributed by atoms with van der Waals surface area (Å²) in [5, 5.41) is 0. The molecule has 0 atom stereocenters. The van der Waals surface area contributed by atoms with Gasteiger partial charge < -0.3 is 9.69 Å². The smallest absolute Gasteiger partial charge is 0.143 e. The molecule has 5 nitrogen and oxygen atoms in total. The Hall–Kier alpha value is -0.780. The Morgan fingerprint density at radius 3 is 1.94 bits per heavy atom. The van der Waals surface area contributed by atoms with Crippen LogP contribution in [-0.4, -0.2) is 85.7 Å². The van der Waals surface area contributed by atoms with Crippen molar-refractivity contribution in [1.82, 2.24) is 14.7 Å². The summed E-state index contributed by atoms with van der Waals surface area (Å²) in [4.78, 5) is 28.6. The van der Waals surface area contributed by atoms with Crippen LogP contribution in [0.1, 0.15) is 13.8 Å². The molecule has 0 N–H and O–H groups in total. The molecule has 1 aliphatic heterocycles. The Bertz CT molecular complexity index is 271. The largest absolute Gasteiger partial charge is 0.302 e. The highest BCUT2D eigenvalue weighted by Crippen LogP contribution is 2.00. The van der Waals surface area contributed by atoms with Gasteiger partial charge in [-0.2, -0.15) is 0 Å². The van der Waals surface area contributed by atoms with Crippen LogP contribution in [0, 0.1) is 0 Å². The van der Waals surface area contributed by atoms with Crippen LogP contribution < -0.4 is 0 Å². The molecule has 0 bridgehead atoms. The van der Waals surface area contributed by atoms with Gasteiger partial charge in [-0.1, -0.05) is 6.92 Å². The van der Waals surface area contributed by atoms with Crippen LogP contribution >= 0.6 is 0 Å². The van der Waals surface area contributed by atoms with Crippen LogP contribution in [0.4, 0.5) is 0 Å². The normalized spacial score (nSPS) is 21.0. The maximum atomic E-state index is 11.2. The number of rotatable bonds is 5. The van der Waals surface area contributed by atoms with Crippen molar-refractivity contribution in [2.75, 3.05) is 58.9 Å². The number of hydrogen-bond donors (Lipinski definition) is 0. The summed E-state index contributed by atoms with van der Waals surface area (Å²) in [5.41, 5.74) is 0. The summed E-state index contributed by atoms with van der Waals surface area (Å²) >= 11 is 0. The number of nitrogens with zero attached hydrogens (tertiary/aromatic N) is 3. The molecule has 0 radical (unpaired) electrons. The van der Waals surface area contributed by atoms with Gasteiger partial charge in [0.1, 0.15) is 12.1 Å². The Balaban J connectivity index is 2.57. The second kappa shape index (κ2) is 8.34. The van der Waals surface area contributed by atoms with E-state index in [1.807, 2.05) is 0 Å². The zero-order valence-corrected chi connectivity index (χ0v) is 11.6. The third kappa shape index (κ3) is 5.71. The summed E-state index contributed by atoms with van der Waals surface area (Å²) in [6, 6.07) is 0. The maximum absolute atomic E-state index is 11.2. The lowest BCUT2D eigenvalue weighted by atomic mass is 10.3. The second-order valence-corrected chi connectivity index (χ2v) is 4.88. The molecule has 0 aromatic rings. The molecule has 1 saturated heterocycles. The molecule has 1 heterocycles. The van der Waals surface area contributed by atoms with E-state index < -0.39 is 0 Å². The molecular formula is C13H25N3O2. The Labute approximate surface area is 110 Å². The highest BCUT2D eigenvalue weighted by atomic mass is 16.1. The minimum absolute atomic E-state index is 0.208. The molecule has 1 rings (SSSR count). The van der Waals surface area contributed by atoms with Crippen molar-refractivity contribution >= 4 is 12.1 Å². The van der Waals surface area contributed by atoms with E-state index in [2.05, 4.69) is 21.6 Å². The van der Waals surface area contributed by atoms with Gasteiger partial charge in [-0.25, -0.2) is 0 Å². The van der Waals surface area contributed by atoms with E-state index in [-0.39, 0.29) is 5.78 Å². The van der Waals surface area contributed by atoms with Crippen molar-refractivity contribution in [3.63, 3.8) is 0 Å². The van der Waals surface area contributed by atoms with Crippen molar-refractivity contribution in [3.8, 4) is 0 Å². The minimum Gasteiger partial charge on any atom is -0.302 e. The predicted molar refractivity (Wildman–Crippen MR) is 71.7 cm³/mol. The monoisotopic (exact) mass is 255 g/mol. The molecular weight excluding hydrogens is 230 g/mol. The third-order valence-electron chi connectivity index (χ3n) is 3.42. The Morgan fingerprint density at radius 2 is 1.50 bits per heavy atom. The van der Waals surface area contributed by atoms with Gasteiger partial charge in [-0.15, -0.1) is 0 Å². The van der Waals surface area contributed by atoms with E-state index in [1.165, 1.54) is 0 Å². The van der Waals surface area contributed by atoms with Gasteiger partial charge in [0.05, 0.1) is 13.1 Å². The average molecular weight is 255 g/mol. The van der Waals surface area contributed by atoms with Crippen LogP contribution in [0.25, 0.3) is 0 Å². The predicted octanol–water partition coefficient (Wildman–Crippen LogP) is -0.286. The first-order chi connectivity index (χ1) is 8.65. The first-order valence-electron chi connectivity index (χ1n) is 6.75. The summed E-state index contributed by atoms with van der Waals surface area (Å²) in [6.45, 7) is 11.4. The molecule has 18 heavy (non-hydrogen) atoms. The molecule has 0 aromatic heterocycles. The minimum atomic E-state index is 0.208. The molecule has 0 spiro atoms. The van der Waals surface area contributed by atoms with E-state index >= 15 is 0 Å². The zero-order valence-electron chi connectivity index (χ0n) is 11.6. The quantitative estimate of drug-likeness (QED) is 0.632. The Morgan fingerprint density at radius 1 is 1.00 bits per heavy atom. The van der Waals surface area contributed by atoms with Crippen LogP contribution in [0.2, 0.25) is 0 Å². The number of hydrogen-bond acceptors (Lipinski definition) is 5. The zero-order chi connectivity index (χ0) is 13.4. The highest BCUT2D eigenvalue weighted by Gasteiger charge is 2.15. The number of carbonyl (C=O) groups excluding carboxylic acids is 2. The van der Waals surface area contributed by atoms with E-state index in [0.29, 0.717) is 13.1 Å². The second-order valence-electron chi connectivity index (χ2n) is 4.88. The topological polar surface area (TPSA) is 43.9 Å². The van der Waals surface area contributed by atoms with Gasteiger partial charge in [-0.05, 0) is 13.5 Å². The number of carbonyl (C=O) groups is 2. The first-order valence-corrected chi connectivity index (χ1v) is 6.75. The first kappa shape index (κ1) is 15.3. The fraction of sp³-hybridized carbons (Fsp3) is 0.846. The SMILES string of the molecule is CCN1CCN(CC=O)CCN(CC(C)=O)CC1. The molecule has 0 aliphatic carbocycles.